The normalized spacial score (nSPS) is 26.1. The Hall–Kier alpha value is -1.92. The van der Waals surface area contributed by atoms with E-state index >= 15 is 0 Å². The van der Waals surface area contributed by atoms with E-state index in [-0.39, 0.29) is 11.5 Å². The van der Waals surface area contributed by atoms with E-state index in [0.29, 0.717) is 18.2 Å². The van der Waals surface area contributed by atoms with Crippen LogP contribution in [-0.4, -0.2) is 84.8 Å². The summed E-state index contributed by atoms with van der Waals surface area (Å²) in [6.45, 7) is 4.53. The van der Waals surface area contributed by atoms with Crippen molar-refractivity contribution >= 4 is 11.6 Å². The van der Waals surface area contributed by atoms with Gasteiger partial charge in [-0.1, -0.05) is 35.5 Å². The number of piperidine rings is 1. The molecule has 2 fully saturated rings. The Labute approximate surface area is 168 Å². The molecule has 0 aromatic heterocycles. The van der Waals surface area contributed by atoms with Crippen molar-refractivity contribution in [3.8, 4) is 0 Å². The summed E-state index contributed by atoms with van der Waals surface area (Å²) in [5.41, 5.74) is 1.70. The molecule has 0 aliphatic carbocycles. The summed E-state index contributed by atoms with van der Waals surface area (Å²) in [4.78, 5) is 25.4. The van der Waals surface area contributed by atoms with E-state index in [4.69, 9.17) is 4.84 Å². The summed E-state index contributed by atoms with van der Waals surface area (Å²) in [5, 5.41) is 4.24. The fraction of sp³-hybridized carbons (Fsp3) is 0.636. The van der Waals surface area contributed by atoms with Gasteiger partial charge in [0, 0.05) is 51.6 Å². The van der Waals surface area contributed by atoms with Crippen molar-refractivity contribution in [2.24, 2.45) is 5.16 Å². The number of rotatable bonds is 5. The highest BCUT2D eigenvalue weighted by Crippen LogP contribution is 2.34. The average molecular weight is 385 g/mol. The van der Waals surface area contributed by atoms with Crippen LogP contribution < -0.4 is 0 Å². The van der Waals surface area contributed by atoms with E-state index in [2.05, 4.69) is 59.4 Å². The van der Waals surface area contributed by atoms with Gasteiger partial charge in [0.1, 0.15) is 5.71 Å². The summed E-state index contributed by atoms with van der Waals surface area (Å²) in [6.07, 6.45) is 4.72. The average Bonchev–Trinajstić information content (AvgIpc) is 3.33. The minimum atomic E-state index is -0.288. The molecule has 3 heterocycles. The third-order valence-corrected chi connectivity index (χ3v) is 6.52. The molecule has 1 aromatic carbocycles. The van der Waals surface area contributed by atoms with Crippen molar-refractivity contribution < 1.29 is 9.63 Å². The molecule has 0 bridgehead atoms. The van der Waals surface area contributed by atoms with Crippen molar-refractivity contribution in [1.82, 2.24) is 14.7 Å². The number of oxime groups is 1. The number of amides is 1. The smallest absolute Gasteiger partial charge is 0.271 e. The van der Waals surface area contributed by atoms with Gasteiger partial charge in [-0.25, -0.2) is 0 Å². The Bertz CT molecular complexity index is 713. The lowest BCUT2D eigenvalue weighted by Crippen LogP contribution is -2.47. The summed E-state index contributed by atoms with van der Waals surface area (Å²) >= 11 is 0. The van der Waals surface area contributed by atoms with Gasteiger partial charge in [0.25, 0.3) is 5.91 Å². The maximum Gasteiger partial charge on any atom is 0.271 e. The van der Waals surface area contributed by atoms with Crippen LogP contribution in [0.25, 0.3) is 0 Å². The second-order valence-electron chi connectivity index (χ2n) is 8.74. The maximum absolute atomic E-state index is 12.9. The lowest BCUT2D eigenvalue weighted by molar-refractivity contribution is -0.125. The zero-order valence-corrected chi connectivity index (χ0v) is 17.1. The number of hydrogen-bond acceptors (Lipinski definition) is 5. The van der Waals surface area contributed by atoms with Crippen LogP contribution in [0.15, 0.2) is 35.5 Å². The molecule has 0 radical (unpaired) electrons. The molecule has 6 heteroatoms. The van der Waals surface area contributed by atoms with E-state index in [1.807, 2.05) is 4.90 Å². The van der Waals surface area contributed by atoms with Crippen LogP contribution in [0.1, 0.15) is 31.2 Å². The van der Waals surface area contributed by atoms with E-state index < -0.39 is 0 Å². The molecule has 3 aliphatic heterocycles. The number of nitrogens with zero attached hydrogens (tertiary/aromatic N) is 4. The van der Waals surface area contributed by atoms with E-state index in [1.165, 1.54) is 5.56 Å². The van der Waals surface area contributed by atoms with Gasteiger partial charge in [0.05, 0.1) is 0 Å². The predicted octanol–water partition coefficient (Wildman–Crippen LogP) is 2.00. The molecule has 28 heavy (non-hydrogen) atoms. The molecule has 3 aliphatic rings. The van der Waals surface area contributed by atoms with Crippen LogP contribution in [-0.2, 0) is 16.1 Å². The summed E-state index contributed by atoms with van der Waals surface area (Å²) in [5.74, 6) is 0.0804. The molecular weight excluding hydrogens is 352 g/mol. The molecule has 1 atom stereocenters. The van der Waals surface area contributed by atoms with Crippen LogP contribution >= 0.6 is 0 Å². The topological polar surface area (TPSA) is 48.4 Å². The molecule has 0 saturated carbocycles. The highest BCUT2D eigenvalue weighted by atomic mass is 16.7. The monoisotopic (exact) mass is 384 g/mol. The van der Waals surface area contributed by atoms with Gasteiger partial charge < -0.3 is 14.6 Å². The number of benzene rings is 1. The molecule has 0 N–H and O–H groups in total. The van der Waals surface area contributed by atoms with Crippen molar-refractivity contribution in [3.63, 3.8) is 0 Å². The Morgan fingerprint density at radius 3 is 2.68 bits per heavy atom. The highest BCUT2D eigenvalue weighted by Gasteiger charge is 2.47. The van der Waals surface area contributed by atoms with Crippen LogP contribution in [0.4, 0.5) is 0 Å². The summed E-state index contributed by atoms with van der Waals surface area (Å²) in [7, 11) is 4.23. The lowest BCUT2D eigenvalue weighted by Gasteiger charge is -2.35. The first-order valence-electron chi connectivity index (χ1n) is 10.5. The Balaban J connectivity index is 1.26. The second-order valence-corrected chi connectivity index (χ2v) is 8.74. The van der Waals surface area contributed by atoms with Crippen LogP contribution in [0, 0.1) is 0 Å². The number of hydrogen-bond donors (Lipinski definition) is 0. The fourth-order valence-corrected chi connectivity index (χ4v) is 4.67. The van der Waals surface area contributed by atoms with Crippen molar-refractivity contribution in [3.05, 3.63) is 35.9 Å². The minimum Gasteiger partial charge on any atom is -0.387 e. The molecule has 1 amide bonds. The molecule has 4 rings (SSSR count). The first-order chi connectivity index (χ1) is 13.5. The van der Waals surface area contributed by atoms with Gasteiger partial charge in [-0.3, -0.25) is 9.69 Å². The zero-order valence-electron chi connectivity index (χ0n) is 17.1. The van der Waals surface area contributed by atoms with Gasteiger partial charge in [-0.2, -0.15) is 0 Å². The van der Waals surface area contributed by atoms with Crippen molar-refractivity contribution in [2.75, 3.05) is 46.8 Å². The van der Waals surface area contributed by atoms with Crippen LogP contribution in [0.5, 0.6) is 0 Å². The molecule has 6 nitrogen and oxygen atoms in total. The lowest BCUT2D eigenvalue weighted by atomic mass is 9.95. The third-order valence-electron chi connectivity index (χ3n) is 6.52. The standard InChI is InChI=1S/C22H32N4O2/c1-24(2)19-9-13-26(14-10-19)21(27)20-16-22(28-23-20)11-15-25(17-22)12-8-18-6-4-3-5-7-18/h3-7,19H,8-17H2,1-2H3/t22-/m1/s1. The van der Waals surface area contributed by atoms with Gasteiger partial charge in [0.15, 0.2) is 5.60 Å². The summed E-state index contributed by atoms with van der Waals surface area (Å²) in [6, 6.07) is 11.2. The van der Waals surface area contributed by atoms with Gasteiger partial charge in [0.2, 0.25) is 0 Å². The van der Waals surface area contributed by atoms with Crippen LogP contribution in [0.3, 0.4) is 0 Å². The largest absolute Gasteiger partial charge is 0.387 e. The molecule has 1 spiro atoms. The van der Waals surface area contributed by atoms with Gasteiger partial charge in [-0.05, 0) is 38.9 Å². The molecular formula is C22H32N4O2. The molecule has 2 saturated heterocycles. The second kappa shape index (κ2) is 8.21. The fourth-order valence-electron chi connectivity index (χ4n) is 4.67. The van der Waals surface area contributed by atoms with Crippen molar-refractivity contribution in [2.45, 2.75) is 43.7 Å². The first-order valence-corrected chi connectivity index (χ1v) is 10.5. The van der Waals surface area contributed by atoms with E-state index in [0.717, 1.165) is 58.4 Å². The number of likely N-dealkylation sites (tertiary alicyclic amines) is 2. The van der Waals surface area contributed by atoms with E-state index in [1.54, 1.807) is 0 Å². The zero-order chi connectivity index (χ0) is 19.6. The highest BCUT2D eigenvalue weighted by molar-refractivity contribution is 6.39. The van der Waals surface area contributed by atoms with E-state index in [9.17, 15) is 4.79 Å². The van der Waals surface area contributed by atoms with Crippen molar-refractivity contribution in [1.29, 1.82) is 0 Å². The Morgan fingerprint density at radius 1 is 1.21 bits per heavy atom. The number of carbonyl (C=O) groups is 1. The molecule has 0 unspecified atom stereocenters. The molecule has 1 aromatic rings. The summed E-state index contributed by atoms with van der Waals surface area (Å²) < 4.78 is 0. The van der Waals surface area contributed by atoms with Crippen LogP contribution in [0.2, 0.25) is 0 Å². The SMILES string of the molecule is CN(C)C1CCN(C(=O)C2=NO[C@]3(CCN(CCc4ccccc4)C3)C2)CC1. The van der Waals surface area contributed by atoms with Gasteiger partial charge in [-0.15, -0.1) is 0 Å². The quantitative estimate of drug-likeness (QED) is 0.779. The predicted molar refractivity (Wildman–Crippen MR) is 110 cm³/mol. The first kappa shape index (κ1) is 19.4. The van der Waals surface area contributed by atoms with Gasteiger partial charge >= 0.3 is 0 Å². The molecule has 152 valence electrons. The number of carbonyl (C=O) groups excluding carboxylic acids is 1. The Kier molecular flexibility index (Phi) is 5.69. The Morgan fingerprint density at radius 2 is 1.96 bits per heavy atom. The third kappa shape index (κ3) is 4.23. The maximum atomic E-state index is 12.9. The minimum absolute atomic E-state index is 0.0804.